The summed E-state index contributed by atoms with van der Waals surface area (Å²) in [4.78, 5) is 63.9. The van der Waals surface area contributed by atoms with Gasteiger partial charge in [0.05, 0.1) is 17.5 Å². The average Bonchev–Trinajstić information content (AvgIpc) is 3.12. The fourth-order valence-electron chi connectivity index (χ4n) is 3.60. The summed E-state index contributed by atoms with van der Waals surface area (Å²) < 4.78 is 22.3. The highest BCUT2D eigenvalue weighted by Gasteiger charge is 2.41. The number of aromatic nitrogens is 1. The first-order chi connectivity index (χ1) is 18.1. The van der Waals surface area contributed by atoms with Crippen molar-refractivity contribution in [2.45, 2.75) is 91.6 Å². The third kappa shape index (κ3) is 8.42. The lowest BCUT2D eigenvalue weighted by Gasteiger charge is -2.32. The zero-order valence-electron chi connectivity index (χ0n) is 24.5. The molecule has 2 rings (SSSR count). The lowest BCUT2D eigenvalue weighted by molar-refractivity contribution is -0.384. The number of amides is 2. The van der Waals surface area contributed by atoms with Gasteiger partial charge in [-0.3, -0.25) is 14.7 Å². The maximum absolute atomic E-state index is 13.2. The molecule has 0 bridgehead atoms. The van der Waals surface area contributed by atoms with Gasteiger partial charge in [-0.1, -0.05) is 0 Å². The van der Waals surface area contributed by atoms with Crippen LogP contribution in [0.1, 0.15) is 67.9 Å². The number of methoxy groups -OCH3 is 1. The number of fused-ring (bicyclic) bond motifs is 1. The number of nitro benzene ring substituents is 1. The van der Waals surface area contributed by atoms with Crippen molar-refractivity contribution < 1.29 is 43.0 Å². The Morgan fingerprint density at radius 2 is 1.40 bits per heavy atom. The molecule has 0 aliphatic rings. The number of imide groups is 1. The maximum Gasteiger partial charge on any atom is 0.420 e. The fraction of sp³-hybridized carbons (Fsp3) is 0.556. The van der Waals surface area contributed by atoms with Gasteiger partial charge in [-0.05, 0) is 73.9 Å². The maximum atomic E-state index is 13.2. The summed E-state index contributed by atoms with van der Waals surface area (Å²) in [5.41, 5.74) is -2.79. The van der Waals surface area contributed by atoms with Crippen molar-refractivity contribution in [1.29, 1.82) is 0 Å². The van der Waals surface area contributed by atoms with Gasteiger partial charge in [0.15, 0.2) is 0 Å². The van der Waals surface area contributed by atoms with Gasteiger partial charge in [-0.25, -0.2) is 19.2 Å². The largest absolute Gasteiger partial charge is 0.467 e. The van der Waals surface area contributed by atoms with E-state index >= 15 is 0 Å². The third-order valence-corrected chi connectivity index (χ3v) is 5.05. The van der Waals surface area contributed by atoms with E-state index < -0.39 is 52.0 Å². The minimum absolute atomic E-state index is 0.128. The minimum atomic E-state index is -1.58. The van der Waals surface area contributed by atoms with Crippen molar-refractivity contribution in [2.75, 3.05) is 7.11 Å². The molecule has 0 saturated heterocycles. The molecule has 1 heterocycles. The molecular formula is C27H37N3O10. The Balaban J connectivity index is 2.73. The summed E-state index contributed by atoms with van der Waals surface area (Å²) in [5.74, 6) is -0.961. The van der Waals surface area contributed by atoms with E-state index in [0.29, 0.717) is 15.8 Å². The molecule has 0 aliphatic heterocycles. The topological polar surface area (TPSA) is 157 Å². The molecule has 1 aromatic carbocycles. The highest BCUT2D eigenvalue weighted by molar-refractivity contribution is 5.96. The summed E-state index contributed by atoms with van der Waals surface area (Å²) in [6.45, 7) is 14.5. The number of carbonyl (C=O) groups excluding carboxylic acids is 4. The first kappa shape index (κ1) is 32.1. The quantitative estimate of drug-likeness (QED) is 0.194. The lowest BCUT2D eigenvalue weighted by Crippen LogP contribution is -2.53. The van der Waals surface area contributed by atoms with Crippen LogP contribution in [0.4, 0.5) is 20.1 Å². The predicted molar refractivity (Wildman–Crippen MR) is 144 cm³/mol. The first-order valence-electron chi connectivity index (χ1n) is 12.5. The molecule has 13 nitrogen and oxygen atoms in total. The number of benzene rings is 1. The predicted octanol–water partition coefficient (Wildman–Crippen LogP) is 5.59. The van der Waals surface area contributed by atoms with Crippen LogP contribution in [0.5, 0.6) is 0 Å². The number of carbonyl (C=O) groups is 4. The normalized spacial score (nSPS) is 12.8. The molecule has 2 aromatic rings. The summed E-state index contributed by atoms with van der Waals surface area (Å²) in [7, 11) is 1.09. The van der Waals surface area contributed by atoms with E-state index in [1.165, 1.54) is 24.4 Å². The standard InChI is InChI=1S/C27H37N3O10/c1-25(2,3)38-22(32)28-15-16(18-12-11-17(30(35)36)14-19(18)28)13-20(21(31)37-10)29(23(33)39-26(4,5)6)24(34)40-27(7,8)9/h11-12,14-15,20H,13H2,1-10H3/t20-/m0/s1. The molecule has 220 valence electrons. The second kappa shape index (κ2) is 11.5. The zero-order valence-corrected chi connectivity index (χ0v) is 24.5. The molecule has 0 fully saturated rings. The number of nitro groups is 1. The number of nitrogens with zero attached hydrogens (tertiary/aromatic N) is 3. The van der Waals surface area contributed by atoms with Gasteiger partial charge in [-0.2, -0.15) is 4.90 Å². The average molecular weight is 564 g/mol. The van der Waals surface area contributed by atoms with Crippen molar-refractivity contribution in [3.8, 4) is 0 Å². The molecule has 1 atom stereocenters. The number of rotatable bonds is 5. The van der Waals surface area contributed by atoms with Crippen LogP contribution in [0.25, 0.3) is 10.9 Å². The van der Waals surface area contributed by atoms with Crippen LogP contribution in [0.3, 0.4) is 0 Å². The molecule has 0 N–H and O–H groups in total. The second-order valence-corrected chi connectivity index (χ2v) is 12.0. The molecule has 1 aromatic heterocycles. The SMILES string of the molecule is COC(=O)[C@H](Cc1cn(C(=O)OC(C)(C)C)c2cc([N+](=O)[O-])ccc12)N(C(=O)OC(C)(C)C)C(=O)OC(C)(C)C. The van der Waals surface area contributed by atoms with E-state index in [1.807, 2.05) is 0 Å². The molecule has 13 heteroatoms. The molecule has 2 amide bonds. The number of esters is 1. The lowest BCUT2D eigenvalue weighted by atomic mass is 10.0. The van der Waals surface area contributed by atoms with Crippen molar-refractivity contribution >= 4 is 40.8 Å². The molecule has 0 unspecified atom stereocenters. The highest BCUT2D eigenvalue weighted by atomic mass is 16.6. The molecule has 0 aliphatic carbocycles. The summed E-state index contributed by atoms with van der Waals surface area (Å²) in [6, 6.07) is 2.25. The van der Waals surface area contributed by atoms with Crippen LogP contribution < -0.4 is 0 Å². The van der Waals surface area contributed by atoms with Crippen LogP contribution in [0.2, 0.25) is 0 Å². The van der Waals surface area contributed by atoms with E-state index in [1.54, 1.807) is 62.3 Å². The Morgan fingerprint density at radius 1 is 0.900 bits per heavy atom. The third-order valence-electron chi connectivity index (χ3n) is 5.05. The smallest absolute Gasteiger partial charge is 0.420 e. The van der Waals surface area contributed by atoms with E-state index in [9.17, 15) is 29.3 Å². The van der Waals surface area contributed by atoms with Crippen molar-refractivity contribution in [2.24, 2.45) is 0 Å². The van der Waals surface area contributed by atoms with Gasteiger partial charge in [0.25, 0.3) is 5.69 Å². The number of non-ortho nitro benzene ring substituents is 1. The number of ether oxygens (including phenoxy) is 4. The van der Waals surface area contributed by atoms with Crippen molar-refractivity contribution in [3.05, 3.63) is 40.1 Å². The van der Waals surface area contributed by atoms with Crippen LogP contribution in [0.15, 0.2) is 24.4 Å². The molecule has 0 radical (unpaired) electrons. The monoisotopic (exact) mass is 563 g/mol. The van der Waals surface area contributed by atoms with E-state index in [0.717, 1.165) is 11.7 Å². The van der Waals surface area contributed by atoms with Crippen LogP contribution >= 0.6 is 0 Å². The van der Waals surface area contributed by atoms with E-state index in [-0.39, 0.29) is 17.6 Å². The molecule has 0 spiro atoms. The Hall–Kier alpha value is -4.16. The summed E-state index contributed by atoms with van der Waals surface area (Å²) in [5, 5.41) is 11.8. The summed E-state index contributed by atoms with van der Waals surface area (Å²) >= 11 is 0. The van der Waals surface area contributed by atoms with Gasteiger partial charge in [0, 0.05) is 30.1 Å². The van der Waals surface area contributed by atoms with E-state index in [4.69, 9.17) is 18.9 Å². The summed E-state index contributed by atoms with van der Waals surface area (Å²) in [6.07, 6.45) is -2.13. The van der Waals surface area contributed by atoms with Gasteiger partial charge in [0.1, 0.15) is 22.8 Å². The van der Waals surface area contributed by atoms with Crippen LogP contribution in [-0.4, -0.2) is 68.6 Å². The second-order valence-electron chi connectivity index (χ2n) is 12.0. The van der Waals surface area contributed by atoms with Gasteiger partial charge < -0.3 is 18.9 Å². The van der Waals surface area contributed by atoms with Crippen molar-refractivity contribution in [1.82, 2.24) is 9.47 Å². The Labute approximate surface area is 232 Å². The number of hydrogen-bond acceptors (Lipinski definition) is 10. The van der Waals surface area contributed by atoms with Gasteiger partial charge in [-0.15, -0.1) is 0 Å². The van der Waals surface area contributed by atoms with Crippen molar-refractivity contribution in [3.63, 3.8) is 0 Å². The van der Waals surface area contributed by atoms with Crippen LogP contribution in [-0.2, 0) is 30.2 Å². The Kier molecular flexibility index (Phi) is 9.23. The van der Waals surface area contributed by atoms with Gasteiger partial charge in [0.2, 0.25) is 0 Å². The number of hydrogen-bond donors (Lipinski definition) is 0. The van der Waals surface area contributed by atoms with Crippen LogP contribution in [0, 0.1) is 10.1 Å². The zero-order chi connectivity index (χ0) is 30.8. The molecule has 40 heavy (non-hydrogen) atoms. The minimum Gasteiger partial charge on any atom is -0.467 e. The van der Waals surface area contributed by atoms with E-state index in [2.05, 4.69) is 0 Å². The highest BCUT2D eigenvalue weighted by Crippen LogP contribution is 2.29. The van der Waals surface area contributed by atoms with Gasteiger partial charge >= 0.3 is 24.2 Å². The Morgan fingerprint density at radius 3 is 1.82 bits per heavy atom. The Bertz CT molecular complexity index is 1280. The molecular weight excluding hydrogens is 526 g/mol. The fourth-order valence-corrected chi connectivity index (χ4v) is 3.60. The molecule has 0 saturated carbocycles. The first-order valence-corrected chi connectivity index (χ1v) is 12.5.